The van der Waals surface area contributed by atoms with Crippen LogP contribution in [-0.4, -0.2) is 5.11 Å². The molecule has 0 spiro atoms. The molecule has 0 unspecified atom stereocenters. The van der Waals surface area contributed by atoms with E-state index in [-0.39, 0.29) is 5.75 Å². The van der Waals surface area contributed by atoms with Gasteiger partial charge in [0, 0.05) is 18.8 Å². The fourth-order valence-corrected chi connectivity index (χ4v) is 3.31. The van der Waals surface area contributed by atoms with Crippen LogP contribution in [-0.2, 0) is 13.0 Å². The molecule has 1 aliphatic rings. The van der Waals surface area contributed by atoms with Crippen LogP contribution >= 0.6 is 0 Å². The molecule has 0 radical (unpaired) electrons. The van der Waals surface area contributed by atoms with Crippen molar-refractivity contribution in [3.05, 3.63) is 108 Å². The van der Waals surface area contributed by atoms with E-state index in [1.165, 1.54) is 6.08 Å². The Bertz CT molecular complexity index is 1030. The van der Waals surface area contributed by atoms with E-state index in [0.717, 1.165) is 28.8 Å². The summed E-state index contributed by atoms with van der Waals surface area (Å²) in [4.78, 5) is 1.99. The van der Waals surface area contributed by atoms with Crippen molar-refractivity contribution in [2.75, 3.05) is 4.90 Å². The van der Waals surface area contributed by atoms with E-state index in [1.54, 1.807) is 18.2 Å². The number of fused-ring (bicyclic) bond motifs is 1. The van der Waals surface area contributed by atoms with Crippen LogP contribution in [0.5, 0.6) is 11.5 Å². The van der Waals surface area contributed by atoms with Crippen molar-refractivity contribution < 1.29 is 14.2 Å². The van der Waals surface area contributed by atoms with Gasteiger partial charge in [-0.1, -0.05) is 60.7 Å². The molecule has 1 N–H and O–H groups in total. The van der Waals surface area contributed by atoms with Crippen LogP contribution in [0.1, 0.15) is 16.7 Å². The molecule has 1 heterocycles. The molecule has 28 heavy (non-hydrogen) atoms. The summed E-state index contributed by atoms with van der Waals surface area (Å²) in [6, 6.07) is 21.4. The van der Waals surface area contributed by atoms with Gasteiger partial charge in [-0.15, -0.1) is 0 Å². The van der Waals surface area contributed by atoms with E-state index in [1.807, 2.05) is 65.7 Å². The van der Waals surface area contributed by atoms with E-state index in [4.69, 9.17) is 4.74 Å². The molecule has 0 saturated carbocycles. The molecule has 3 aromatic carbocycles. The predicted molar refractivity (Wildman–Crippen MR) is 110 cm³/mol. The summed E-state index contributed by atoms with van der Waals surface area (Å²) in [6.45, 7) is 0.544. The van der Waals surface area contributed by atoms with Crippen LogP contribution in [0.3, 0.4) is 0 Å². The number of rotatable bonds is 5. The molecule has 4 heteroatoms. The third-order valence-corrected chi connectivity index (χ3v) is 4.56. The van der Waals surface area contributed by atoms with E-state index in [0.29, 0.717) is 12.3 Å². The summed E-state index contributed by atoms with van der Waals surface area (Å²) >= 11 is 0. The van der Waals surface area contributed by atoms with E-state index in [9.17, 15) is 9.50 Å². The summed E-state index contributed by atoms with van der Waals surface area (Å²) in [5.74, 6) is 0.687. The number of para-hydroxylation sites is 1. The van der Waals surface area contributed by atoms with E-state index >= 15 is 0 Å². The lowest BCUT2D eigenvalue weighted by molar-refractivity contribution is 0.308. The molecule has 0 aromatic heterocycles. The Hall–Kier alpha value is -3.53. The summed E-state index contributed by atoms with van der Waals surface area (Å²) < 4.78 is 19.5. The van der Waals surface area contributed by atoms with E-state index in [2.05, 4.69) is 6.08 Å². The van der Waals surface area contributed by atoms with Crippen molar-refractivity contribution in [1.29, 1.82) is 0 Å². The lowest BCUT2D eigenvalue weighted by Gasteiger charge is -2.27. The number of nitrogens with zero attached hydrogens (tertiary/aromatic N) is 1. The first-order valence-electron chi connectivity index (χ1n) is 9.12. The first-order valence-corrected chi connectivity index (χ1v) is 9.12. The minimum absolute atomic E-state index is 0.256. The fraction of sp³-hybridized carbons (Fsp3) is 0.0833. The average molecular weight is 373 g/mol. The number of halogens is 1. The van der Waals surface area contributed by atoms with Crippen LogP contribution < -0.4 is 9.64 Å². The number of anilines is 1. The maximum absolute atomic E-state index is 14.2. The molecule has 3 nitrogen and oxygen atoms in total. The highest BCUT2D eigenvalue weighted by molar-refractivity contribution is 5.67. The molecule has 0 saturated heterocycles. The van der Waals surface area contributed by atoms with Crippen molar-refractivity contribution in [3.8, 4) is 11.5 Å². The molecule has 4 rings (SSSR count). The molecular weight excluding hydrogens is 353 g/mol. The van der Waals surface area contributed by atoms with Gasteiger partial charge < -0.3 is 14.7 Å². The Morgan fingerprint density at radius 2 is 1.86 bits per heavy atom. The standard InChI is InChI=1S/C24H20FNO2/c25-23(16-18-7-2-1-3-8-18)28-21-12-4-9-19(15-21)17-26-14-6-11-20-10-5-13-22(27)24(20)26/h1-10,12-16,27H,11,17H2. The summed E-state index contributed by atoms with van der Waals surface area (Å²) in [7, 11) is 0. The second-order valence-corrected chi connectivity index (χ2v) is 6.61. The number of allylic oxidation sites excluding steroid dienone is 1. The van der Waals surface area contributed by atoms with Crippen molar-refractivity contribution in [2.24, 2.45) is 0 Å². The number of hydrogen-bond acceptors (Lipinski definition) is 3. The Morgan fingerprint density at radius 3 is 2.71 bits per heavy atom. The molecule has 0 aliphatic carbocycles. The smallest absolute Gasteiger partial charge is 0.278 e. The van der Waals surface area contributed by atoms with Gasteiger partial charge in [0.25, 0.3) is 6.01 Å². The number of benzene rings is 3. The highest BCUT2D eigenvalue weighted by atomic mass is 19.1. The van der Waals surface area contributed by atoms with Gasteiger partial charge in [-0.2, -0.15) is 4.39 Å². The van der Waals surface area contributed by atoms with Crippen molar-refractivity contribution >= 4 is 11.8 Å². The third kappa shape index (κ3) is 4.07. The van der Waals surface area contributed by atoms with Gasteiger partial charge >= 0.3 is 0 Å². The zero-order valence-corrected chi connectivity index (χ0v) is 15.3. The third-order valence-electron chi connectivity index (χ3n) is 4.56. The maximum atomic E-state index is 14.2. The monoisotopic (exact) mass is 373 g/mol. The van der Waals surface area contributed by atoms with E-state index < -0.39 is 6.01 Å². The Morgan fingerprint density at radius 1 is 1.04 bits per heavy atom. The zero-order valence-electron chi connectivity index (χ0n) is 15.3. The number of hydrogen-bond donors (Lipinski definition) is 1. The fourth-order valence-electron chi connectivity index (χ4n) is 3.31. The molecule has 0 fully saturated rings. The first-order chi connectivity index (χ1) is 13.7. The first kappa shape index (κ1) is 17.9. The van der Waals surface area contributed by atoms with Gasteiger partial charge in [0.2, 0.25) is 0 Å². The quantitative estimate of drug-likeness (QED) is 0.573. The van der Waals surface area contributed by atoms with Gasteiger partial charge in [0.15, 0.2) is 0 Å². The lowest BCUT2D eigenvalue weighted by Crippen LogP contribution is -2.19. The van der Waals surface area contributed by atoms with Crippen LogP contribution in [0.15, 0.2) is 91.1 Å². The summed E-state index contributed by atoms with van der Waals surface area (Å²) in [6.07, 6.45) is 6.17. The van der Waals surface area contributed by atoms with Crippen molar-refractivity contribution in [1.82, 2.24) is 0 Å². The molecule has 3 aromatic rings. The summed E-state index contributed by atoms with van der Waals surface area (Å²) in [5.41, 5.74) is 3.57. The second-order valence-electron chi connectivity index (χ2n) is 6.61. The minimum Gasteiger partial charge on any atom is -0.506 e. The van der Waals surface area contributed by atoms with Crippen LogP contribution in [0.4, 0.5) is 10.1 Å². The zero-order chi connectivity index (χ0) is 19.3. The largest absolute Gasteiger partial charge is 0.506 e. The van der Waals surface area contributed by atoms with Gasteiger partial charge in [0.1, 0.15) is 11.5 Å². The second kappa shape index (κ2) is 8.01. The number of phenolic OH excluding ortho intramolecular Hbond substituents is 1. The SMILES string of the molecule is Oc1cccc2c1N(Cc1cccc(OC(F)=Cc3ccccc3)c1)C=CC2. The average Bonchev–Trinajstić information content (AvgIpc) is 2.69. The van der Waals surface area contributed by atoms with Gasteiger partial charge in [0.05, 0.1) is 5.69 Å². The highest BCUT2D eigenvalue weighted by Crippen LogP contribution is 2.35. The molecule has 0 amide bonds. The minimum atomic E-state index is -0.663. The Balaban J connectivity index is 1.51. The number of phenols is 1. The van der Waals surface area contributed by atoms with Gasteiger partial charge in [-0.25, -0.2) is 0 Å². The van der Waals surface area contributed by atoms with Gasteiger partial charge in [-0.3, -0.25) is 0 Å². The van der Waals surface area contributed by atoms with Crippen LogP contribution in [0.25, 0.3) is 6.08 Å². The molecular formula is C24H20FNO2. The molecule has 0 atom stereocenters. The predicted octanol–water partition coefficient (Wildman–Crippen LogP) is 5.82. The normalized spacial score (nSPS) is 13.3. The van der Waals surface area contributed by atoms with Crippen molar-refractivity contribution in [2.45, 2.75) is 13.0 Å². The van der Waals surface area contributed by atoms with Crippen LogP contribution in [0.2, 0.25) is 0 Å². The molecule has 0 bridgehead atoms. The van der Waals surface area contributed by atoms with Crippen molar-refractivity contribution in [3.63, 3.8) is 0 Å². The maximum Gasteiger partial charge on any atom is 0.278 e. The number of ether oxygens (including phenoxy) is 1. The summed E-state index contributed by atoms with van der Waals surface area (Å²) in [5, 5.41) is 10.3. The lowest BCUT2D eigenvalue weighted by atomic mass is 10.0. The number of aromatic hydroxyl groups is 1. The molecule has 140 valence electrons. The Kier molecular flexibility index (Phi) is 5.11. The van der Waals surface area contributed by atoms with Gasteiger partial charge in [-0.05, 0) is 41.3 Å². The highest BCUT2D eigenvalue weighted by Gasteiger charge is 2.17. The van der Waals surface area contributed by atoms with Crippen LogP contribution in [0, 0.1) is 0 Å². The Labute approximate surface area is 163 Å². The molecule has 1 aliphatic heterocycles. The topological polar surface area (TPSA) is 32.7 Å².